The highest BCUT2D eigenvalue weighted by Crippen LogP contribution is 2.34. The van der Waals surface area contributed by atoms with E-state index in [-0.39, 0.29) is 5.91 Å². The highest BCUT2D eigenvalue weighted by atomic mass is 16.5. The number of morpholine rings is 1. The molecule has 6 heteroatoms. The van der Waals surface area contributed by atoms with E-state index in [4.69, 9.17) is 9.26 Å². The number of aromatic nitrogens is 1. The van der Waals surface area contributed by atoms with Crippen LogP contribution in [0.3, 0.4) is 0 Å². The molecular formula is C22H23N3O3. The largest absolute Gasteiger partial charge is 0.378 e. The summed E-state index contributed by atoms with van der Waals surface area (Å²) in [6.45, 7) is 4.57. The summed E-state index contributed by atoms with van der Waals surface area (Å²) >= 11 is 0. The zero-order chi connectivity index (χ0) is 18.9. The Morgan fingerprint density at radius 1 is 1.04 bits per heavy atom. The summed E-state index contributed by atoms with van der Waals surface area (Å²) in [5, 5.41) is 6.76. The molecule has 144 valence electrons. The Labute approximate surface area is 163 Å². The third-order valence-corrected chi connectivity index (χ3v) is 5.67. The second-order valence-corrected chi connectivity index (χ2v) is 7.41. The summed E-state index contributed by atoms with van der Waals surface area (Å²) in [5.41, 5.74) is 3.09. The molecular weight excluding hydrogens is 354 g/mol. The number of hydrogen-bond acceptors (Lipinski definition) is 5. The van der Waals surface area contributed by atoms with E-state index in [1.807, 2.05) is 17.0 Å². The van der Waals surface area contributed by atoms with Gasteiger partial charge in [0.25, 0.3) is 0 Å². The molecule has 0 unspecified atom stereocenters. The molecule has 3 heterocycles. The predicted octanol–water partition coefficient (Wildman–Crippen LogP) is 2.71. The molecule has 28 heavy (non-hydrogen) atoms. The van der Waals surface area contributed by atoms with Gasteiger partial charge in [0.2, 0.25) is 5.91 Å². The zero-order valence-electron chi connectivity index (χ0n) is 15.8. The van der Waals surface area contributed by atoms with Crippen molar-refractivity contribution in [2.24, 2.45) is 0 Å². The summed E-state index contributed by atoms with van der Waals surface area (Å²) in [7, 11) is 0. The van der Waals surface area contributed by atoms with E-state index in [2.05, 4.69) is 40.4 Å². The van der Waals surface area contributed by atoms with Crippen LogP contribution in [-0.4, -0.2) is 60.3 Å². The maximum Gasteiger partial charge on any atom is 0.236 e. The van der Waals surface area contributed by atoms with Gasteiger partial charge in [-0.1, -0.05) is 47.6 Å². The lowest BCUT2D eigenvalue weighted by Crippen LogP contribution is -2.46. The second-order valence-electron chi connectivity index (χ2n) is 7.41. The SMILES string of the molecule is O=C(CN1CCc2onc(-c3cccc4ccccc34)c2C1)N1CCOCC1. The fourth-order valence-electron chi connectivity index (χ4n) is 4.15. The average Bonchev–Trinajstić information content (AvgIpc) is 3.17. The van der Waals surface area contributed by atoms with Gasteiger partial charge in [-0.2, -0.15) is 0 Å². The molecule has 0 radical (unpaired) electrons. The van der Waals surface area contributed by atoms with Gasteiger partial charge in [0.05, 0.1) is 19.8 Å². The lowest BCUT2D eigenvalue weighted by Gasteiger charge is -2.31. The van der Waals surface area contributed by atoms with Crippen LogP contribution in [0.15, 0.2) is 47.0 Å². The quantitative estimate of drug-likeness (QED) is 0.702. The van der Waals surface area contributed by atoms with Gasteiger partial charge >= 0.3 is 0 Å². The second kappa shape index (κ2) is 7.37. The number of hydrogen-bond donors (Lipinski definition) is 0. The number of carbonyl (C=O) groups excluding carboxylic acids is 1. The van der Waals surface area contributed by atoms with Crippen LogP contribution in [0.2, 0.25) is 0 Å². The number of carbonyl (C=O) groups is 1. The van der Waals surface area contributed by atoms with Crippen molar-refractivity contribution in [3.05, 3.63) is 53.8 Å². The first-order valence-electron chi connectivity index (χ1n) is 9.83. The molecule has 0 saturated carbocycles. The molecule has 6 nitrogen and oxygen atoms in total. The predicted molar refractivity (Wildman–Crippen MR) is 106 cm³/mol. The fraction of sp³-hybridized carbons (Fsp3) is 0.364. The first-order chi connectivity index (χ1) is 13.8. The standard InChI is InChI=1S/C22H23N3O3/c26-21(25-10-12-27-13-11-25)15-24-9-8-20-19(14-24)22(23-28-20)18-7-3-5-16-4-1-2-6-17(16)18/h1-7H,8-15H2. The van der Waals surface area contributed by atoms with Crippen molar-refractivity contribution < 1.29 is 14.1 Å². The van der Waals surface area contributed by atoms with Gasteiger partial charge in [-0.3, -0.25) is 9.69 Å². The smallest absolute Gasteiger partial charge is 0.236 e. The maximum absolute atomic E-state index is 12.6. The van der Waals surface area contributed by atoms with E-state index in [0.717, 1.165) is 35.5 Å². The topological polar surface area (TPSA) is 58.8 Å². The highest BCUT2D eigenvalue weighted by Gasteiger charge is 2.28. The van der Waals surface area contributed by atoms with E-state index < -0.39 is 0 Å². The van der Waals surface area contributed by atoms with Crippen molar-refractivity contribution in [1.29, 1.82) is 0 Å². The Bertz CT molecular complexity index is 1000. The van der Waals surface area contributed by atoms with Crippen LogP contribution in [0.4, 0.5) is 0 Å². The van der Waals surface area contributed by atoms with Crippen LogP contribution in [0.5, 0.6) is 0 Å². The van der Waals surface area contributed by atoms with Crippen molar-refractivity contribution in [3.8, 4) is 11.3 Å². The van der Waals surface area contributed by atoms with E-state index in [0.29, 0.717) is 39.4 Å². The molecule has 0 bridgehead atoms. The molecule has 3 aromatic rings. The van der Waals surface area contributed by atoms with Gasteiger partial charge in [-0.25, -0.2) is 0 Å². The first kappa shape index (κ1) is 17.4. The third kappa shape index (κ3) is 3.19. The number of amides is 1. The van der Waals surface area contributed by atoms with Gasteiger partial charge in [0.15, 0.2) is 0 Å². The average molecular weight is 377 g/mol. The van der Waals surface area contributed by atoms with Crippen molar-refractivity contribution >= 4 is 16.7 Å². The molecule has 2 aliphatic heterocycles. The minimum absolute atomic E-state index is 0.176. The molecule has 0 spiro atoms. The van der Waals surface area contributed by atoms with Gasteiger partial charge in [-0.05, 0) is 10.8 Å². The Balaban J connectivity index is 1.40. The van der Waals surface area contributed by atoms with Crippen LogP contribution in [0.25, 0.3) is 22.0 Å². The van der Waals surface area contributed by atoms with E-state index >= 15 is 0 Å². The van der Waals surface area contributed by atoms with E-state index in [1.165, 1.54) is 10.8 Å². The van der Waals surface area contributed by atoms with Gasteiger partial charge in [0.1, 0.15) is 11.5 Å². The van der Waals surface area contributed by atoms with E-state index in [9.17, 15) is 4.79 Å². The molecule has 0 aliphatic carbocycles. The number of benzene rings is 2. The highest BCUT2D eigenvalue weighted by molar-refractivity contribution is 5.96. The molecule has 0 N–H and O–H groups in total. The molecule has 1 aromatic heterocycles. The molecule has 1 amide bonds. The molecule has 0 atom stereocenters. The van der Waals surface area contributed by atoms with Crippen LogP contribution in [0, 0.1) is 0 Å². The molecule has 2 aromatic carbocycles. The third-order valence-electron chi connectivity index (χ3n) is 5.67. The number of rotatable bonds is 3. The molecule has 5 rings (SSSR count). The van der Waals surface area contributed by atoms with Crippen molar-refractivity contribution in [2.75, 3.05) is 39.4 Å². The number of ether oxygens (including phenoxy) is 1. The normalized spacial score (nSPS) is 17.6. The minimum Gasteiger partial charge on any atom is -0.378 e. The lowest BCUT2D eigenvalue weighted by atomic mass is 9.97. The zero-order valence-corrected chi connectivity index (χ0v) is 15.8. The van der Waals surface area contributed by atoms with Crippen LogP contribution in [0.1, 0.15) is 11.3 Å². The summed E-state index contributed by atoms with van der Waals surface area (Å²) in [5.74, 6) is 1.12. The Hall–Kier alpha value is -2.70. The Morgan fingerprint density at radius 3 is 2.75 bits per heavy atom. The van der Waals surface area contributed by atoms with Crippen molar-refractivity contribution in [2.45, 2.75) is 13.0 Å². The molecule has 2 aliphatic rings. The van der Waals surface area contributed by atoms with Crippen molar-refractivity contribution in [1.82, 2.24) is 15.0 Å². The maximum atomic E-state index is 12.6. The fourth-order valence-corrected chi connectivity index (χ4v) is 4.15. The summed E-state index contributed by atoms with van der Waals surface area (Å²) in [6, 6.07) is 14.6. The monoisotopic (exact) mass is 377 g/mol. The summed E-state index contributed by atoms with van der Waals surface area (Å²) in [4.78, 5) is 16.7. The minimum atomic E-state index is 0.176. The molecule has 1 fully saturated rings. The molecule has 1 saturated heterocycles. The van der Waals surface area contributed by atoms with Gasteiger partial charge in [0, 0.05) is 43.7 Å². The van der Waals surface area contributed by atoms with Gasteiger partial charge < -0.3 is 14.2 Å². The number of fused-ring (bicyclic) bond motifs is 2. The van der Waals surface area contributed by atoms with Crippen LogP contribution >= 0.6 is 0 Å². The summed E-state index contributed by atoms with van der Waals surface area (Å²) in [6.07, 6.45) is 0.781. The van der Waals surface area contributed by atoms with Crippen molar-refractivity contribution in [3.63, 3.8) is 0 Å². The summed E-state index contributed by atoms with van der Waals surface area (Å²) < 4.78 is 11.0. The van der Waals surface area contributed by atoms with Gasteiger partial charge in [-0.15, -0.1) is 0 Å². The van der Waals surface area contributed by atoms with Crippen LogP contribution in [-0.2, 0) is 22.5 Å². The number of nitrogens with zero attached hydrogens (tertiary/aromatic N) is 3. The Morgan fingerprint density at radius 2 is 1.86 bits per heavy atom. The first-order valence-corrected chi connectivity index (χ1v) is 9.83. The lowest BCUT2D eigenvalue weighted by molar-refractivity contribution is -0.136. The Kier molecular flexibility index (Phi) is 4.58. The van der Waals surface area contributed by atoms with E-state index in [1.54, 1.807) is 0 Å². The van der Waals surface area contributed by atoms with Crippen LogP contribution < -0.4 is 0 Å².